The first-order valence-corrected chi connectivity index (χ1v) is 7.26. The van der Waals surface area contributed by atoms with Crippen LogP contribution < -0.4 is 11.1 Å². The van der Waals surface area contributed by atoms with Crippen LogP contribution in [0, 0.1) is 5.92 Å². The molecule has 0 rings (SSSR count). The van der Waals surface area contributed by atoms with Crippen molar-refractivity contribution in [1.29, 1.82) is 0 Å². The fraction of sp³-hybridized carbons (Fsp3) is 0.929. The molecular weight excluding hydrogens is 228 g/mol. The number of primary amides is 1. The van der Waals surface area contributed by atoms with Crippen molar-refractivity contribution in [1.82, 2.24) is 5.32 Å². The van der Waals surface area contributed by atoms with E-state index in [1.807, 2.05) is 0 Å². The van der Waals surface area contributed by atoms with Gasteiger partial charge in [-0.2, -0.15) is 0 Å². The summed E-state index contributed by atoms with van der Waals surface area (Å²) in [6.07, 6.45) is 5.78. The third kappa shape index (κ3) is 8.48. The van der Waals surface area contributed by atoms with Gasteiger partial charge in [0.2, 0.25) is 5.91 Å². The van der Waals surface area contributed by atoms with Crippen LogP contribution in [0.4, 0.5) is 0 Å². The first-order chi connectivity index (χ1) is 8.65. The van der Waals surface area contributed by atoms with Gasteiger partial charge in [-0.25, -0.2) is 0 Å². The van der Waals surface area contributed by atoms with E-state index in [0.717, 1.165) is 26.0 Å². The van der Waals surface area contributed by atoms with Gasteiger partial charge in [0.1, 0.15) is 6.04 Å². The zero-order valence-electron chi connectivity index (χ0n) is 12.2. The van der Waals surface area contributed by atoms with Crippen LogP contribution in [-0.2, 0) is 9.53 Å². The maximum absolute atomic E-state index is 11.2. The minimum absolute atomic E-state index is 0.329. The minimum atomic E-state index is -0.353. The van der Waals surface area contributed by atoms with Crippen molar-refractivity contribution in [2.75, 3.05) is 19.8 Å². The monoisotopic (exact) mass is 258 g/mol. The standard InChI is InChI=1S/C14H30N2O2/c1-4-7-8-12(6-3)10-18-11-13(14(15)17)16-9-5-2/h12-13,16H,4-11H2,1-3H3,(H2,15,17). The Labute approximate surface area is 112 Å². The van der Waals surface area contributed by atoms with E-state index in [1.165, 1.54) is 19.3 Å². The highest BCUT2D eigenvalue weighted by Gasteiger charge is 2.15. The number of unbranched alkanes of at least 4 members (excludes halogenated alkanes) is 1. The lowest BCUT2D eigenvalue weighted by Crippen LogP contribution is -2.45. The summed E-state index contributed by atoms with van der Waals surface area (Å²) in [5.74, 6) is 0.273. The zero-order chi connectivity index (χ0) is 13.8. The fourth-order valence-electron chi connectivity index (χ4n) is 1.81. The molecule has 0 aromatic heterocycles. The van der Waals surface area contributed by atoms with E-state index in [-0.39, 0.29) is 11.9 Å². The van der Waals surface area contributed by atoms with Crippen LogP contribution in [0.5, 0.6) is 0 Å². The predicted octanol–water partition coefficient (Wildman–Crippen LogP) is 2.07. The minimum Gasteiger partial charge on any atom is -0.379 e. The Balaban J connectivity index is 3.84. The average Bonchev–Trinajstić information content (AvgIpc) is 2.36. The lowest BCUT2D eigenvalue weighted by molar-refractivity contribution is -0.121. The Morgan fingerprint density at radius 2 is 1.94 bits per heavy atom. The lowest BCUT2D eigenvalue weighted by Gasteiger charge is -2.18. The SMILES string of the molecule is CCCCC(CC)COCC(NCCC)C(N)=O. The number of rotatable bonds is 12. The molecule has 2 atom stereocenters. The molecule has 0 fully saturated rings. The van der Waals surface area contributed by atoms with Crippen molar-refractivity contribution in [3.8, 4) is 0 Å². The van der Waals surface area contributed by atoms with Crippen molar-refractivity contribution >= 4 is 5.91 Å². The van der Waals surface area contributed by atoms with Crippen LogP contribution in [0.3, 0.4) is 0 Å². The number of ether oxygens (including phenoxy) is 1. The Morgan fingerprint density at radius 1 is 1.22 bits per heavy atom. The van der Waals surface area contributed by atoms with Crippen LogP contribution in [0.15, 0.2) is 0 Å². The molecule has 4 heteroatoms. The number of hydrogen-bond donors (Lipinski definition) is 2. The maximum atomic E-state index is 11.2. The molecule has 4 nitrogen and oxygen atoms in total. The molecule has 1 amide bonds. The van der Waals surface area contributed by atoms with E-state index >= 15 is 0 Å². The van der Waals surface area contributed by atoms with E-state index in [1.54, 1.807) is 0 Å². The first-order valence-electron chi connectivity index (χ1n) is 7.26. The van der Waals surface area contributed by atoms with Crippen LogP contribution in [0.25, 0.3) is 0 Å². The molecule has 3 N–H and O–H groups in total. The molecule has 0 aromatic carbocycles. The third-order valence-electron chi connectivity index (χ3n) is 3.17. The summed E-state index contributed by atoms with van der Waals surface area (Å²) in [7, 11) is 0. The van der Waals surface area contributed by atoms with Crippen LogP contribution in [0.2, 0.25) is 0 Å². The number of carbonyl (C=O) groups excluding carboxylic acids is 1. The smallest absolute Gasteiger partial charge is 0.236 e. The van der Waals surface area contributed by atoms with Gasteiger partial charge in [-0.05, 0) is 25.3 Å². The van der Waals surface area contributed by atoms with Gasteiger partial charge in [-0.3, -0.25) is 4.79 Å². The Kier molecular flexibility index (Phi) is 11.1. The fourth-order valence-corrected chi connectivity index (χ4v) is 1.81. The molecule has 0 saturated heterocycles. The van der Waals surface area contributed by atoms with Crippen molar-refractivity contribution in [2.45, 2.75) is 58.9 Å². The van der Waals surface area contributed by atoms with Crippen molar-refractivity contribution in [3.63, 3.8) is 0 Å². The van der Waals surface area contributed by atoms with Gasteiger partial charge in [-0.1, -0.05) is 40.0 Å². The number of nitrogens with two attached hydrogens (primary N) is 1. The highest BCUT2D eigenvalue weighted by molar-refractivity contribution is 5.79. The van der Waals surface area contributed by atoms with Crippen molar-refractivity contribution in [2.24, 2.45) is 11.7 Å². The van der Waals surface area contributed by atoms with E-state index < -0.39 is 0 Å². The summed E-state index contributed by atoms with van der Waals surface area (Å²) in [6, 6.07) is -0.353. The van der Waals surface area contributed by atoms with E-state index in [4.69, 9.17) is 10.5 Å². The summed E-state index contributed by atoms with van der Waals surface area (Å²) in [5, 5.41) is 3.10. The molecule has 0 aliphatic carbocycles. The summed E-state index contributed by atoms with van der Waals surface area (Å²) in [5.41, 5.74) is 5.33. The van der Waals surface area contributed by atoms with Gasteiger partial charge in [0, 0.05) is 6.61 Å². The molecule has 0 heterocycles. The van der Waals surface area contributed by atoms with Gasteiger partial charge in [0.25, 0.3) is 0 Å². The number of carbonyl (C=O) groups is 1. The molecule has 0 aliphatic heterocycles. The largest absolute Gasteiger partial charge is 0.379 e. The summed E-state index contributed by atoms with van der Waals surface area (Å²) in [4.78, 5) is 11.2. The molecule has 0 saturated carbocycles. The molecule has 0 spiro atoms. The highest BCUT2D eigenvalue weighted by Crippen LogP contribution is 2.12. The summed E-state index contributed by atoms with van der Waals surface area (Å²) in [6.45, 7) is 8.36. The number of nitrogens with one attached hydrogen (secondary N) is 1. The molecule has 0 bridgehead atoms. The van der Waals surface area contributed by atoms with Crippen molar-refractivity contribution in [3.05, 3.63) is 0 Å². The molecule has 108 valence electrons. The van der Waals surface area contributed by atoms with Gasteiger partial charge in [0.05, 0.1) is 6.61 Å². The molecule has 0 radical (unpaired) electrons. The molecule has 0 aromatic rings. The average molecular weight is 258 g/mol. The molecule has 2 unspecified atom stereocenters. The normalized spacial score (nSPS) is 14.4. The maximum Gasteiger partial charge on any atom is 0.236 e. The second-order valence-electron chi connectivity index (χ2n) is 4.86. The number of hydrogen-bond acceptors (Lipinski definition) is 3. The molecule has 18 heavy (non-hydrogen) atoms. The highest BCUT2D eigenvalue weighted by atomic mass is 16.5. The summed E-state index contributed by atoms with van der Waals surface area (Å²) >= 11 is 0. The topological polar surface area (TPSA) is 64.3 Å². The second kappa shape index (κ2) is 11.5. The second-order valence-corrected chi connectivity index (χ2v) is 4.86. The van der Waals surface area contributed by atoms with E-state index in [9.17, 15) is 4.79 Å². The Hall–Kier alpha value is -0.610. The molecular formula is C14H30N2O2. The van der Waals surface area contributed by atoms with Crippen molar-refractivity contribution < 1.29 is 9.53 Å². The van der Waals surface area contributed by atoms with Crippen LogP contribution in [0.1, 0.15) is 52.9 Å². The Morgan fingerprint density at radius 3 is 2.44 bits per heavy atom. The third-order valence-corrected chi connectivity index (χ3v) is 3.17. The van der Waals surface area contributed by atoms with E-state index in [0.29, 0.717) is 12.5 Å². The van der Waals surface area contributed by atoms with Gasteiger partial charge in [-0.15, -0.1) is 0 Å². The zero-order valence-corrected chi connectivity index (χ0v) is 12.2. The Bertz CT molecular complexity index is 210. The van der Waals surface area contributed by atoms with Crippen LogP contribution in [-0.4, -0.2) is 31.7 Å². The van der Waals surface area contributed by atoms with Crippen LogP contribution >= 0.6 is 0 Å². The van der Waals surface area contributed by atoms with Gasteiger partial charge < -0.3 is 15.8 Å². The quantitative estimate of drug-likeness (QED) is 0.563. The predicted molar refractivity (Wildman–Crippen MR) is 75.4 cm³/mol. The van der Waals surface area contributed by atoms with E-state index in [2.05, 4.69) is 26.1 Å². The molecule has 0 aliphatic rings. The van der Waals surface area contributed by atoms with Gasteiger partial charge in [0.15, 0.2) is 0 Å². The van der Waals surface area contributed by atoms with Gasteiger partial charge >= 0.3 is 0 Å². The number of amides is 1. The summed E-state index contributed by atoms with van der Waals surface area (Å²) < 4.78 is 5.64. The first kappa shape index (κ1) is 17.4. The lowest BCUT2D eigenvalue weighted by atomic mass is 10.0.